The van der Waals surface area contributed by atoms with Gasteiger partial charge in [-0.25, -0.2) is 0 Å². The van der Waals surface area contributed by atoms with Gasteiger partial charge in [0.15, 0.2) is 12.4 Å². The Morgan fingerprint density at radius 2 is 2.09 bits per heavy atom. The van der Waals surface area contributed by atoms with Gasteiger partial charge in [0.1, 0.15) is 5.75 Å². The molecule has 0 radical (unpaired) electrons. The number of hydrogen-bond acceptors (Lipinski definition) is 4. The third kappa shape index (κ3) is 3.88. The van der Waals surface area contributed by atoms with Crippen LogP contribution in [0.4, 0.5) is 5.69 Å². The molecule has 3 rings (SSSR count). The summed E-state index contributed by atoms with van der Waals surface area (Å²) in [4.78, 5) is 23.4. The second-order valence-corrected chi connectivity index (χ2v) is 5.09. The Morgan fingerprint density at radius 3 is 2.82 bits per heavy atom. The Kier molecular flexibility index (Phi) is 4.09. The van der Waals surface area contributed by atoms with E-state index in [1.165, 1.54) is 6.26 Å². The number of furan rings is 1. The van der Waals surface area contributed by atoms with Gasteiger partial charge in [-0.1, -0.05) is 6.07 Å². The van der Waals surface area contributed by atoms with E-state index in [4.69, 9.17) is 9.15 Å². The van der Waals surface area contributed by atoms with Crippen molar-refractivity contribution in [2.75, 3.05) is 11.9 Å². The van der Waals surface area contributed by atoms with Gasteiger partial charge in [0, 0.05) is 17.8 Å². The molecule has 6 heteroatoms. The van der Waals surface area contributed by atoms with Crippen LogP contribution >= 0.6 is 0 Å². The van der Waals surface area contributed by atoms with Crippen LogP contribution in [0.25, 0.3) is 0 Å². The molecule has 114 valence electrons. The highest BCUT2D eigenvalue weighted by atomic mass is 16.5. The van der Waals surface area contributed by atoms with Crippen LogP contribution in [-0.2, 0) is 4.79 Å². The van der Waals surface area contributed by atoms with Gasteiger partial charge in [-0.3, -0.25) is 9.59 Å². The van der Waals surface area contributed by atoms with E-state index in [9.17, 15) is 9.59 Å². The topological polar surface area (TPSA) is 80.6 Å². The number of hydrogen-bond donors (Lipinski definition) is 2. The lowest BCUT2D eigenvalue weighted by atomic mass is 10.3. The molecule has 1 fully saturated rings. The summed E-state index contributed by atoms with van der Waals surface area (Å²) < 4.78 is 10.4. The molecular formula is C16H16N2O4. The van der Waals surface area contributed by atoms with Crippen LogP contribution in [0.5, 0.6) is 5.75 Å². The van der Waals surface area contributed by atoms with Crippen LogP contribution in [0, 0.1) is 0 Å². The molecule has 1 aliphatic carbocycles. The summed E-state index contributed by atoms with van der Waals surface area (Å²) in [5.74, 6) is 0.277. The Morgan fingerprint density at radius 1 is 1.23 bits per heavy atom. The Bertz CT molecular complexity index is 663. The van der Waals surface area contributed by atoms with Crippen molar-refractivity contribution in [3.8, 4) is 5.75 Å². The van der Waals surface area contributed by atoms with E-state index in [2.05, 4.69) is 10.6 Å². The molecule has 1 aliphatic rings. The standard InChI is InChI=1S/C16H16N2O4/c19-15(17-11-6-7-11)10-22-13-4-1-3-12(9-13)18-16(20)14-5-2-8-21-14/h1-5,8-9,11H,6-7,10H2,(H,17,19)(H,18,20). The molecule has 0 unspecified atom stereocenters. The number of amides is 2. The van der Waals surface area contributed by atoms with Crippen LogP contribution in [0.3, 0.4) is 0 Å². The molecule has 1 saturated carbocycles. The summed E-state index contributed by atoms with van der Waals surface area (Å²) in [6.45, 7) is -0.0356. The lowest BCUT2D eigenvalue weighted by Gasteiger charge is -2.09. The van der Waals surface area contributed by atoms with E-state index in [1.807, 2.05) is 0 Å². The lowest BCUT2D eigenvalue weighted by Crippen LogP contribution is -2.30. The summed E-state index contributed by atoms with van der Waals surface area (Å²) in [5, 5.41) is 5.54. The first-order valence-corrected chi connectivity index (χ1v) is 7.08. The number of anilines is 1. The summed E-state index contributed by atoms with van der Waals surface area (Å²) in [6.07, 6.45) is 3.52. The molecule has 6 nitrogen and oxygen atoms in total. The van der Waals surface area contributed by atoms with E-state index in [-0.39, 0.29) is 24.2 Å². The van der Waals surface area contributed by atoms with Crippen LogP contribution in [0.1, 0.15) is 23.4 Å². The van der Waals surface area contributed by atoms with Crippen molar-refractivity contribution in [3.63, 3.8) is 0 Å². The number of carbonyl (C=O) groups excluding carboxylic acids is 2. The molecule has 0 aliphatic heterocycles. The minimum atomic E-state index is -0.339. The molecule has 2 N–H and O–H groups in total. The average Bonchev–Trinajstić information content (AvgIpc) is 3.15. The average molecular weight is 300 g/mol. The first kappa shape index (κ1) is 14.2. The summed E-state index contributed by atoms with van der Waals surface area (Å²) in [7, 11) is 0. The second kappa shape index (κ2) is 6.34. The van der Waals surface area contributed by atoms with Gasteiger partial charge in [0.25, 0.3) is 11.8 Å². The molecule has 1 aromatic heterocycles. The van der Waals surface area contributed by atoms with Crippen LogP contribution < -0.4 is 15.4 Å². The monoisotopic (exact) mass is 300 g/mol. The number of rotatable bonds is 6. The molecule has 2 amide bonds. The highest BCUT2D eigenvalue weighted by Gasteiger charge is 2.23. The van der Waals surface area contributed by atoms with Crippen molar-refractivity contribution in [2.45, 2.75) is 18.9 Å². The molecule has 0 spiro atoms. The lowest BCUT2D eigenvalue weighted by molar-refractivity contribution is -0.123. The molecule has 0 bridgehead atoms. The Labute approximate surface area is 127 Å². The van der Waals surface area contributed by atoms with E-state index in [1.54, 1.807) is 36.4 Å². The van der Waals surface area contributed by atoms with Crippen LogP contribution in [-0.4, -0.2) is 24.5 Å². The first-order valence-electron chi connectivity index (χ1n) is 7.08. The number of benzene rings is 1. The molecule has 22 heavy (non-hydrogen) atoms. The zero-order chi connectivity index (χ0) is 15.4. The molecule has 0 saturated heterocycles. The minimum absolute atomic E-state index is 0.0356. The van der Waals surface area contributed by atoms with Crippen molar-refractivity contribution in [1.82, 2.24) is 5.32 Å². The van der Waals surface area contributed by atoms with Gasteiger partial charge in [-0.05, 0) is 37.1 Å². The van der Waals surface area contributed by atoms with Crippen LogP contribution in [0.2, 0.25) is 0 Å². The van der Waals surface area contributed by atoms with E-state index in [0.717, 1.165) is 12.8 Å². The van der Waals surface area contributed by atoms with Gasteiger partial charge in [-0.2, -0.15) is 0 Å². The molecule has 0 atom stereocenters. The Hall–Kier alpha value is -2.76. The molecule has 2 aromatic rings. The maximum Gasteiger partial charge on any atom is 0.291 e. The van der Waals surface area contributed by atoms with Gasteiger partial charge < -0.3 is 19.8 Å². The number of carbonyl (C=O) groups is 2. The van der Waals surface area contributed by atoms with Crippen molar-refractivity contribution < 1.29 is 18.7 Å². The summed E-state index contributed by atoms with van der Waals surface area (Å²) in [5.41, 5.74) is 0.571. The molecule has 1 aromatic carbocycles. The highest BCUT2D eigenvalue weighted by molar-refractivity contribution is 6.02. The van der Waals surface area contributed by atoms with Gasteiger partial charge in [0.2, 0.25) is 0 Å². The van der Waals surface area contributed by atoms with Crippen molar-refractivity contribution in [2.24, 2.45) is 0 Å². The summed E-state index contributed by atoms with van der Waals surface area (Å²) >= 11 is 0. The third-order valence-electron chi connectivity index (χ3n) is 3.15. The fourth-order valence-electron chi connectivity index (χ4n) is 1.91. The SMILES string of the molecule is O=C(COc1cccc(NC(=O)c2ccco2)c1)NC1CC1. The highest BCUT2D eigenvalue weighted by Crippen LogP contribution is 2.20. The van der Waals surface area contributed by atoms with Gasteiger partial charge >= 0.3 is 0 Å². The fourth-order valence-corrected chi connectivity index (χ4v) is 1.91. The van der Waals surface area contributed by atoms with Crippen molar-refractivity contribution in [3.05, 3.63) is 48.4 Å². The van der Waals surface area contributed by atoms with Gasteiger partial charge in [-0.15, -0.1) is 0 Å². The van der Waals surface area contributed by atoms with Gasteiger partial charge in [0.05, 0.1) is 6.26 Å². The van der Waals surface area contributed by atoms with E-state index >= 15 is 0 Å². The maximum absolute atomic E-state index is 11.9. The summed E-state index contributed by atoms with van der Waals surface area (Å²) in [6, 6.07) is 10.4. The van der Waals surface area contributed by atoms with E-state index in [0.29, 0.717) is 17.5 Å². The zero-order valence-electron chi connectivity index (χ0n) is 11.9. The second-order valence-electron chi connectivity index (χ2n) is 5.09. The molecule has 1 heterocycles. The Balaban J connectivity index is 1.55. The molecular weight excluding hydrogens is 284 g/mol. The zero-order valence-corrected chi connectivity index (χ0v) is 11.9. The van der Waals surface area contributed by atoms with Crippen molar-refractivity contribution >= 4 is 17.5 Å². The van der Waals surface area contributed by atoms with Crippen LogP contribution in [0.15, 0.2) is 47.1 Å². The number of ether oxygens (including phenoxy) is 1. The van der Waals surface area contributed by atoms with E-state index < -0.39 is 0 Å². The largest absolute Gasteiger partial charge is 0.484 e. The minimum Gasteiger partial charge on any atom is -0.484 e. The first-order chi connectivity index (χ1) is 10.7. The quantitative estimate of drug-likeness (QED) is 0.857. The third-order valence-corrected chi connectivity index (χ3v) is 3.15. The fraction of sp³-hybridized carbons (Fsp3) is 0.250. The predicted molar refractivity (Wildman–Crippen MR) is 79.8 cm³/mol. The smallest absolute Gasteiger partial charge is 0.291 e. The number of nitrogens with one attached hydrogen (secondary N) is 2. The van der Waals surface area contributed by atoms with Crippen molar-refractivity contribution in [1.29, 1.82) is 0 Å². The maximum atomic E-state index is 11.9. The normalized spacial score (nSPS) is 13.5. The predicted octanol–water partition coefficient (Wildman–Crippen LogP) is 2.19.